The average molecular weight is 126 g/mol. The van der Waals surface area contributed by atoms with Crippen molar-refractivity contribution in [1.82, 2.24) is 0 Å². The summed E-state index contributed by atoms with van der Waals surface area (Å²) in [6.07, 6.45) is 2.57. The fourth-order valence-corrected chi connectivity index (χ4v) is 1.08. The van der Waals surface area contributed by atoms with E-state index in [-0.39, 0.29) is 23.9 Å². The van der Waals surface area contributed by atoms with E-state index < -0.39 is 0 Å². The predicted molar refractivity (Wildman–Crippen MR) is 34.1 cm³/mol. The lowest BCUT2D eigenvalue weighted by molar-refractivity contribution is -0.119. The number of Topliss-reactive ketones (excluding diaryl/α,β-unsaturated/α-hetero) is 1. The molecule has 0 amide bonds. The fraction of sp³-hybridized carbons (Fsp3) is 0.571. The molecule has 1 aliphatic rings. The van der Waals surface area contributed by atoms with Crippen LogP contribution in [-0.2, 0) is 4.79 Å². The first-order valence-electron chi connectivity index (χ1n) is 3.10. The third-order valence-corrected chi connectivity index (χ3v) is 1.40. The monoisotopic (exact) mass is 126 g/mol. The van der Waals surface area contributed by atoms with Crippen LogP contribution in [0.1, 0.15) is 19.8 Å². The van der Waals surface area contributed by atoms with Gasteiger partial charge in [0.1, 0.15) is 5.78 Å². The van der Waals surface area contributed by atoms with Crippen LogP contribution >= 0.6 is 0 Å². The molecule has 0 fully saturated rings. The van der Waals surface area contributed by atoms with Crippen LogP contribution in [0.4, 0.5) is 0 Å². The smallest absolute Gasteiger partial charge is 0.140 e. The summed E-state index contributed by atoms with van der Waals surface area (Å²) in [5.41, 5.74) is 0. The van der Waals surface area contributed by atoms with Crippen molar-refractivity contribution < 1.29 is 9.90 Å². The highest BCUT2D eigenvalue weighted by molar-refractivity contribution is 5.81. The highest BCUT2D eigenvalue weighted by atomic mass is 16.3. The van der Waals surface area contributed by atoms with Gasteiger partial charge in [0.05, 0.1) is 12.2 Å². The molecule has 1 rings (SSSR count). The average Bonchev–Trinajstić information content (AvgIpc) is 1.59. The SMILES string of the molecule is CC1C=C(O)CC(=O)C1. The van der Waals surface area contributed by atoms with E-state index in [0.29, 0.717) is 6.42 Å². The molecule has 0 aliphatic heterocycles. The van der Waals surface area contributed by atoms with Crippen molar-refractivity contribution in [2.75, 3.05) is 0 Å². The van der Waals surface area contributed by atoms with Crippen molar-refractivity contribution in [3.8, 4) is 0 Å². The molecule has 0 aromatic rings. The molecule has 1 N–H and O–H groups in total. The van der Waals surface area contributed by atoms with Gasteiger partial charge in [-0.15, -0.1) is 0 Å². The highest BCUT2D eigenvalue weighted by Gasteiger charge is 2.15. The molecule has 2 heteroatoms. The van der Waals surface area contributed by atoms with Crippen LogP contribution in [0.3, 0.4) is 0 Å². The summed E-state index contributed by atoms with van der Waals surface area (Å²) >= 11 is 0. The van der Waals surface area contributed by atoms with Gasteiger partial charge in [-0.3, -0.25) is 4.79 Å². The summed E-state index contributed by atoms with van der Waals surface area (Å²) in [5.74, 6) is 0.604. The number of aliphatic hydroxyl groups is 1. The zero-order valence-electron chi connectivity index (χ0n) is 5.42. The van der Waals surface area contributed by atoms with Gasteiger partial charge in [0.15, 0.2) is 0 Å². The van der Waals surface area contributed by atoms with Crippen molar-refractivity contribution >= 4 is 5.78 Å². The fourth-order valence-electron chi connectivity index (χ4n) is 1.08. The lowest BCUT2D eigenvalue weighted by atomic mass is 9.96. The summed E-state index contributed by atoms with van der Waals surface area (Å²) < 4.78 is 0. The number of hydrogen-bond donors (Lipinski definition) is 1. The van der Waals surface area contributed by atoms with Gasteiger partial charge in [-0.2, -0.15) is 0 Å². The first-order chi connectivity index (χ1) is 4.18. The molecule has 1 atom stereocenters. The Hall–Kier alpha value is -0.790. The molecule has 50 valence electrons. The maximum absolute atomic E-state index is 10.7. The van der Waals surface area contributed by atoms with E-state index in [1.54, 1.807) is 6.08 Å². The molecular weight excluding hydrogens is 116 g/mol. The number of carbonyl (C=O) groups excluding carboxylic acids is 1. The lowest BCUT2D eigenvalue weighted by Gasteiger charge is -2.11. The number of allylic oxidation sites excluding steroid dienone is 2. The van der Waals surface area contributed by atoms with E-state index in [1.165, 1.54) is 0 Å². The number of aliphatic hydroxyl groups excluding tert-OH is 1. The van der Waals surface area contributed by atoms with Crippen LogP contribution in [0.25, 0.3) is 0 Å². The van der Waals surface area contributed by atoms with Crippen LogP contribution in [0.5, 0.6) is 0 Å². The first kappa shape index (κ1) is 6.33. The van der Waals surface area contributed by atoms with Crippen LogP contribution in [0.15, 0.2) is 11.8 Å². The largest absolute Gasteiger partial charge is 0.512 e. The Bertz CT molecular complexity index is 158. The Balaban J connectivity index is 2.67. The van der Waals surface area contributed by atoms with E-state index >= 15 is 0 Å². The van der Waals surface area contributed by atoms with Gasteiger partial charge in [0.25, 0.3) is 0 Å². The minimum atomic E-state index is 0.141. The van der Waals surface area contributed by atoms with E-state index in [1.807, 2.05) is 6.92 Å². The maximum Gasteiger partial charge on any atom is 0.140 e. The molecule has 0 heterocycles. The standard InChI is InChI=1S/C7H10O2/c1-5-2-6(8)4-7(9)3-5/h2,5,8H,3-4H2,1H3. The molecule has 0 radical (unpaired) electrons. The molecule has 0 aromatic carbocycles. The summed E-state index contributed by atoms with van der Waals surface area (Å²) in [7, 11) is 0. The molecular formula is C7H10O2. The topological polar surface area (TPSA) is 37.3 Å². The molecule has 1 unspecified atom stereocenters. The van der Waals surface area contributed by atoms with Crippen LogP contribution in [-0.4, -0.2) is 10.9 Å². The minimum Gasteiger partial charge on any atom is -0.512 e. The van der Waals surface area contributed by atoms with Gasteiger partial charge in [-0.25, -0.2) is 0 Å². The summed E-state index contributed by atoms with van der Waals surface area (Å²) in [6, 6.07) is 0. The summed E-state index contributed by atoms with van der Waals surface area (Å²) in [6.45, 7) is 1.92. The van der Waals surface area contributed by atoms with Crippen molar-refractivity contribution in [3.05, 3.63) is 11.8 Å². The number of rotatable bonds is 0. The Kier molecular flexibility index (Phi) is 1.56. The lowest BCUT2D eigenvalue weighted by Crippen LogP contribution is -2.10. The van der Waals surface area contributed by atoms with E-state index in [9.17, 15) is 4.79 Å². The van der Waals surface area contributed by atoms with Gasteiger partial charge < -0.3 is 5.11 Å². The zero-order valence-corrected chi connectivity index (χ0v) is 5.42. The van der Waals surface area contributed by atoms with E-state index in [4.69, 9.17) is 5.11 Å². The number of ketones is 1. The van der Waals surface area contributed by atoms with Crippen LogP contribution < -0.4 is 0 Å². The minimum absolute atomic E-state index is 0.141. The van der Waals surface area contributed by atoms with Crippen molar-refractivity contribution in [2.45, 2.75) is 19.8 Å². The Morgan fingerprint density at radius 1 is 1.78 bits per heavy atom. The molecule has 0 bridgehead atoms. The Morgan fingerprint density at radius 2 is 2.44 bits per heavy atom. The van der Waals surface area contributed by atoms with E-state index in [0.717, 1.165) is 0 Å². The molecule has 0 aromatic heterocycles. The summed E-state index contributed by atoms with van der Waals surface area (Å²) in [4.78, 5) is 10.7. The van der Waals surface area contributed by atoms with Gasteiger partial charge in [-0.1, -0.05) is 6.92 Å². The molecule has 0 saturated carbocycles. The zero-order chi connectivity index (χ0) is 6.85. The number of carbonyl (C=O) groups is 1. The second-order valence-electron chi connectivity index (χ2n) is 2.55. The molecule has 9 heavy (non-hydrogen) atoms. The first-order valence-corrected chi connectivity index (χ1v) is 3.10. The number of hydrogen-bond acceptors (Lipinski definition) is 2. The maximum atomic E-state index is 10.7. The highest BCUT2D eigenvalue weighted by Crippen LogP contribution is 2.16. The van der Waals surface area contributed by atoms with Gasteiger partial charge >= 0.3 is 0 Å². The Labute approximate surface area is 54.2 Å². The van der Waals surface area contributed by atoms with E-state index in [2.05, 4.69) is 0 Å². The van der Waals surface area contributed by atoms with Crippen LogP contribution in [0, 0.1) is 5.92 Å². The third kappa shape index (κ3) is 1.56. The predicted octanol–water partition coefficient (Wildman–Crippen LogP) is 1.43. The van der Waals surface area contributed by atoms with Gasteiger partial charge in [0, 0.05) is 6.42 Å². The van der Waals surface area contributed by atoms with Crippen molar-refractivity contribution in [1.29, 1.82) is 0 Å². The molecule has 0 saturated heterocycles. The van der Waals surface area contributed by atoms with Gasteiger partial charge in [0.2, 0.25) is 0 Å². The van der Waals surface area contributed by atoms with Gasteiger partial charge in [-0.05, 0) is 12.0 Å². The third-order valence-electron chi connectivity index (χ3n) is 1.40. The normalized spacial score (nSPS) is 27.9. The molecule has 1 aliphatic carbocycles. The quantitative estimate of drug-likeness (QED) is 0.533. The second kappa shape index (κ2) is 2.21. The summed E-state index contributed by atoms with van der Waals surface area (Å²) in [5, 5.41) is 8.89. The van der Waals surface area contributed by atoms with Crippen molar-refractivity contribution in [3.63, 3.8) is 0 Å². The van der Waals surface area contributed by atoms with Crippen molar-refractivity contribution in [2.24, 2.45) is 5.92 Å². The molecule has 2 nitrogen and oxygen atoms in total. The Morgan fingerprint density at radius 3 is 2.89 bits per heavy atom. The second-order valence-corrected chi connectivity index (χ2v) is 2.55. The molecule has 0 spiro atoms. The van der Waals surface area contributed by atoms with Crippen LogP contribution in [0.2, 0.25) is 0 Å².